The van der Waals surface area contributed by atoms with Crippen molar-refractivity contribution in [3.63, 3.8) is 0 Å². The van der Waals surface area contributed by atoms with E-state index in [0.29, 0.717) is 0 Å². The average Bonchev–Trinajstić information content (AvgIpc) is 3.33. The smallest absolute Gasteiger partial charge is 0.0882 e. The Morgan fingerprint density at radius 2 is 1.96 bits per heavy atom. The molecular formula is C21H27N5O. The Labute approximate surface area is 160 Å². The fourth-order valence-electron chi connectivity index (χ4n) is 3.63. The van der Waals surface area contributed by atoms with Crippen LogP contribution in [0, 0.1) is 0 Å². The zero-order valence-electron chi connectivity index (χ0n) is 15.9. The van der Waals surface area contributed by atoms with Crippen molar-refractivity contribution < 1.29 is 5.11 Å². The number of unbranched alkanes of at least 4 members (excludes halogenated alkanes) is 1. The highest BCUT2D eigenvalue weighted by molar-refractivity contribution is 5.34. The second kappa shape index (κ2) is 8.06. The summed E-state index contributed by atoms with van der Waals surface area (Å²) >= 11 is 0. The zero-order valence-corrected chi connectivity index (χ0v) is 15.9. The van der Waals surface area contributed by atoms with Gasteiger partial charge in [-0.25, -0.2) is 4.68 Å². The number of benzene rings is 1. The van der Waals surface area contributed by atoms with Crippen LogP contribution in [0.25, 0.3) is 5.69 Å². The van der Waals surface area contributed by atoms with Crippen LogP contribution in [0.4, 0.5) is 0 Å². The molecule has 1 N–H and O–H groups in total. The number of hydrogen-bond acceptors (Lipinski definition) is 4. The van der Waals surface area contributed by atoms with E-state index in [1.807, 2.05) is 21.6 Å². The predicted octanol–water partition coefficient (Wildman–Crippen LogP) is 2.92. The number of aliphatic hydroxyl groups excluding tert-OH is 1. The minimum absolute atomic E-state index is 0.00397. The number of aliphatic hydroxyl groups is 1. The fraction of sp³-hybridized carbons (Fsp3) is 0.429. The first-order valence-electron chi connectivity index (χ1n) is 9.77. The van der Waals surface area contributed by atoms with Gasteiger partial charge in [0.05, 0.1) is 36.4 Å². The molecule has 0 radical (unpaired) electrons. The van der Waals surface area contributed by atoms with Gasteiger partial charge in [-0.1, -0.05) is 25.5 Å². The first-order chi connectivity index (χ1) is 13.2. The standard InChI is InChI=1S/C21H27N5O/c1-2-3-4-17-5-7-20(8-6-17)26-14-18(12-22-26)13-24-9-10-25-21(15-24)11-19(16-27)23-25/h5-8,11-12,14,27H,2-4,9-10,13,15-16H2,1H3. The molecule has 4 rings (SSSR count). The van der Waals surface area contributed by atoms with E-state index >= 15 is 0 Å². The average molecular weight is 365 g/mol. The molecule has 0 saturated heterocycles. The van der Waals surface area contributed by atoms with Crippen LogP contribution < -0.4 is 0 Å². The summed E-state index contributed by atoms with van der Waals surface area (Å²) in [6.45, 7) is 5.77. The Kier molecular flexibility index (Phi) is 5.36. The van der Waals surface area contributed by atoms with Gasteiger partial charge >= 0.3 is 0 Å². The number of aromatic nitrogens is 4. The topological polar surface area (TPSA) is 59.1 Å². The van der Waals surface area contributed by atoms with Crippen molar-refractivity contribution in [3.8, 4) is 5.69 Å². The molecule has 0 unspecified atom stereocenters. The fourth-order valence-corrected chi connectivity index (χ4v) is 3.63. The molecule has 0 fully saturated rings. The maximum atomic E-state index is 9.26. The first kappa shape index (κ1) is 17.9. The van der Waals surface area contributed by atoms with Crippen molar-refractivity contribution in [2.45, 2.75) is 52.4 Å². The molecule has 0 atom stereocenters. The summed E-state index contributed by atoms with van der Waals surface area (Å²) in [7, 11) is 0. The molecule has 1 aliphatic rings. The number of nitrogens with zero attached hydrogens (tertiary/aromatic N) is 5. The van der Waals surface area contributed by atoms with Gasteiger partial charge < -0.3 is 5.11 Å². The van der Waals surface area contributed by atoms with E-state index in [1.165, 1.54) is 29.7 Å². The molecule has 3 aromatic rings. The van der Waals surface area contributed by atoms with Gasteiger partial charge in [-0.3, -0.25) is 9.58 Å². The lowest BCUT2D eigenvalue weighted by atomic mass is 10.1. The van der Waals surface area contributed by atoms with Crippen molar-refractivity contribution in [2.24, 2.45) is 0 Å². The zero-order chi connectivity index (χ0) is 18.6. The predicted molar refractivity (Wildman–Crippen MR) is 104 cm³/mol. The van der Waals surface area contributed by atoms with Crippen LogP contribution in [0.3, 0.4) is 0 Å². The van der Waals surface area contributed by atoms with Gasteiger partial charge in [0.15, 0.2) is 0 Å². The van der Waals surface area contributed by atoms with Crippen molar-refractivity contribution >= 4 is 0 Å². The Hall–Kier alpha value is -2.44. The van der Waals surface area contributed by atoms with Gasteiger partial charge in [0, 0.05) is 31.4 Å². The Bertz CT molecular complexity index is 880. The number of fused-ring (bicyclic) bond motifs is 1. The van der Waals surface area contributed by atoms with Crippen molar-refractivity contribution in [3.05, 3.63) is 65.2 Å². The van der Waals surface area contributed by atoms with Gasteiger partial charge in [-0.05, 0) is 36.6 Å². The highest BCUT2D eigenvalue weighted by Crippen LogP contribution is 2.17. The molecule has 142 valence electrons. The molecule has 0 amide bonds. The van der Waals surface area contributed by atoms with Gasteiger partial charge in [0.2, 0.25) is 0 Å². The number of aryl methyl sites for hydroxylation is 1. The van der Waals surface area contributed by atoms with Crippen LogP contribution in [0.5, 0.6) is 0 Å². The van der Waals surface area contributed by atoms with Crippen molar-refractivity contribution in [2.75, 3.05) is 6.54 Å². The summed E-state index contributed by atoms with van der Waals surface area (Å²) in [4.78, 5) is 2.40. The Balaban J connectivity index is 1.39. The van der Waals surface area contributed by atoms with Crippen LogP contribution in [0.15, 0.2) is 42.7 Å². The monoisotopic (exact) mass is 365 g/mol. The maximum absolute atomic E-state index is 9.26. The van der Waals surface area contributed by atoms with E-state index in [9.17, 15) is 5.11 Å². The molecular weight excluding hydrogens is 338 g/mol. The van der Waals surface area contributed by atoms with Crippen LogP contribution in [0.1, 0.15) is 42.3 Å². The summed E-state index contributed by atoms with van der Waals surface area (Å²) < 4.78 is 3.96. The lowest BCUT2D eigenvalue weighted by Gasteiger charge is -2.26. The highest BCUT2D eigenvalue weighted by Gasteiger charge is 2.18. The van der Waals surface area contributed by atoms with Gasteiger partial charge in [0.1, 0.15) is 0 Å². The third-order valence-corrected chi connectivity index (χ3v) is 5.15. The molecule has 1 aliphatic heterocycles. The largest absolute Gasteiger partial charge is 0.390 e. The maximum Gasteiger partial charge on any atom is 0.0882 e. The van der Waals surface area contributed by atoms with E-state index in [0.717, 1.165) is 44.0 Å². The van der Waals surface area contributed by atoms with Crippen molar-refractivity contribution in [1.29, 1.82) is 0 Å². The van der Waals surface area contributed by atoms with E-state index in [2.05, 4.69) is 52.5 Å². The highest BCUT2D eigenvalue weighted by atomic mass is 16.3. The van der Waals surface area contributed by atoms with Crippen LogP contribution in [-0.2, 0) is 32.7 Å². The normalized spacial score (nSPS) is 14.4. The molecule has 0 saturated carbocycles. The number of rotatable bonds is 7. The number of hydrogen-bond donors (Lipinski definition) is 1. The van der Waals surface area contributed by atoms with Gasteiger partial charge in [-0.2, -0.15) is 10.2 Å². The van der Waals surface area contributed by atoms with Crippen LogP contribution in [0.2, 0.25) is 0 Å². The summed E-state index contributed by atoms with van der Waals surface area (Å²) in [6.07, 6.45) is 7.68. The SMILES string of the molecule is CCCCc1ccc(-n2cc(CN3CCn4nc(CO)cc4C3)cn2)cc1. The third kappa shape index (κ3) is 4.12. The molecule has 6 heteroatoms. The van der Waals surface area contributed by atoms with E-state index < -0.39 is 0 Å². The summed E-state index contributed by atoms with van der Waals surface area (Å²) in [6, 6.07) is 10.7. The molecule has 6 nitrogen and oxygen atoms in total. The Morgan fingerprint density at radius 3 is 2.74 bits per heavy atom. The molecule has 0 aliphatic carbocycles. The van der Waals surface area contributed by atoms with E-state index in [4.69, 9.17) is 0 Å². The third-order valence-electron chi connectivity index (χ3n) is 5.15. The summed E-state index contributed by atoms with van der Waals surface area (Å²) in [5, 5.41) is 18.2. The van der Waals surface area contributed by atoms with Crippen LogP contribution >= 0.6 is 0 Å². The first-order valence-corrected chi connectivity index (χ1v) is 9.77. The molecule has 2 aromatic heterocycles. The van der Waals surface area contributed by atoms with E-state index in [1.54, 1.807) is 0 Å². The quantitative estimate of drug-likeness (QED) is 0.699. The van der Waals surface area contributed by atoms with Crippen molar-refractivity contribution in [1.82, 2.24) is 24.5 Å². The summed E-state index contributed by atoms with van der Waals surface area (Å²) in [5.74, 6) is 0. The lowest BCUT2D eigenvalue weighted by molar-refractivity contribution is 0.204. The lowest BCUT2D eigenvalue weighted by Crippen LogP contribution is -2.33. The molecule has 3 heterocycles. The molecule has 0 bridgehead atoms. The molecule has 27 heavy (non-hydrogen) atoms. The van der Waals surface area contributed by atoms with Crippen LogP contribution in [-0.4, -0.2) is 36.1 Å². The molecule has 1 aromatic carbocycles. The second-order valence-electron chi connectivity index (χ2n) is 7.28. The Morgan fingerprint density at radius 1 is 1.11 bits per heavy atom. The second-order valence-corrected chi connectivity index (χ2v) is 7.28. The summed E-state index contributed by atoms with van der Waals surface area (Å²) in [5.41, 5.74) is 5.62. The van der Waals surface area contributed by atoms with E-state index in [-0.39, 0.29) is 6.61 Å². The molecule has 0 spiro atoms. The minimum Gasteiger partial charge on any atom is -0.390 e. The minimum atomic E-state index is 0.00397. The van der Waals surface area contributed by atoms with Gasteiger partial charge in [0.25, 0.3) is 0 Å². The van der Waals surface area contributed by atoms with Gasteiger partial charge in [-0.15, -0.1) is 0 Å².